The normalized spacial score (nSPS) is 26.4. The van der Waals surface area contributed by atoms with E-state index in [2.05, 4.69) is 15.0 Å². The van der Waals surface area contributed by atoms with E-state index in [-0.39, 0.29) is 36.5 Å². The highest BCUT2D eigenvalue weighted by molar-refractivity contribution is 5.79. The van der Waals surface area contributed by atoms with E-state index in [1.54, 1.807) is 36.4 Å². The summed E-state index contributed by atoms with van der Waals surface area (Å²) in [6.07, 6.45) is -5.59. The maximum atomic E-state index is 15.1. The van der Waals surface area contributed by atoms with Crippen LogP contribution in [0, 0.1) is 0 Å². The number of rotatable bonds is 9. The molecule has 13 heteroatoms. The van der Waals surface area contributed by atoms with Gasteiger partial charge in [0.1, 0.15) is 36.8 Å². The number of nitrogens with zero attached hydrogens (tertiary/aromatic N) is 4. The van der Waals surface area contributed by atoms with Crippen molar-refractivity contribution in [3.05, 3.63) is 102 Å². The Morgan fingerprint density at radius 3 is 2.49 bits per heavy atom. The molecule has 2 aromatic heterocycles. The third-order valence-corrected chi connectivity index (χ3v) is 8.91. The molecule has 7 rings (SSSR count). The topological polar surface area (TPSA) is 152 Å². The van der Waals surface area contributed by atoms with Crippen LogP contribution < -0.4 is 9.47 Å². The summed E-state index contributed by atoms with van der Waals surface area (Å²) < 4.78 is 49.1. The van der Waals surface area contributed by atoms with E-state index in [9.17, 15) is 20.4 Å². The van der Waals surface area contributed by atoms with Crippen molar-refractivity contribution in [2.45, 2.75) is 55.0 Å². The average Bonchev–Trinajstić information content (AvgIpc) is 3.69. The zero-order valence-electron chi connectivity index (χ0n) is 25.1. The van der Waals surface area contributed by atoms with Gasteiger partial charge in [-0.3, -0.25) is 4.57 Å². The molecular weight excluding hydrogens is 614 g/mol. The zero-order valence-corrected chi connectivity index (χ0v) is 25.1. The molecule has 2 unspecified atom stereocenters. The Labute approximate surface area is 267 Å². The first-order valence-electron chi connectivity index (χ1n) is 15.1. The number of hydrogen-bond acceptors (Lipinski definition) is 10. The molecule has 0 radical (unpaired) electrons. The second-order valence-corrected chi connectivity index (χ2v) is 11.7. The predicted molar refractivity (Wildman–Crippen MR) is 164 cm³/mol. The van der Waals surface area contributed by atoms with Gasteiger partial charge in [0.15, 0.2) is 28.8 Å². The number of aliphatic hydroxyl groups excluding tert-OH is 3. The molecule has 3 heterocycles. The van der Waals surface area contributed by atoms with Crippen molar-refractivity contribution < 1.29 is 43.4 Å². The predicted octanol–water partition coefficient (Wildman–Crippen LogP) is 3.70. The van der Waals surface area contributed by atoms with Crippen molar-refractivity contribution in [1.82, 2.24) is 19.5 Å². The Hall–Kier alpha value is -4.53. The number of alkyl halides is 2. The number of aryl methyl sites for hydroxylation is 1. The SMILES string of the molecule is COc1nc(-c2ccccc2)nc2c1ncn2[C@@H]1O[C@H](COc2cccc(CCC3(O)c4ccccc4C(O)C3(F)F)c2)[C@@H](O)[C@H]1O. The Kier molecular flexibility index (Phi) is 7.89. The molecule has 0 bridgehead atoms. The van der Waals surface area contributed by atoms with Crippen LogP contribution in [-0.4, -0.2) is 77.9 Å². The molecule has 244 valence electrons. The number of benzene rings is 3. The summed E-state index contributed by atoms with van der Waals surface area (Å²) >= 11 is 0. The summed E-state index contributed by atoms with van der Waals surface area (Å²) in [5, 5.41) is 43.2. The number of fused-ring (bicyclic) bond motifs is 2. The molecule has 2 aliphatic rings. The third kappa shape index (κ3) is 5.20. The second-order valence-electron chi connectivity index (χ2n) is 11.7. The lowest BCUT2D eigenvalue weighted by Gasteiger charge is -2.32. The lowest BCUT2D eigenvalue weighted by molar-refractivity contribution is -0.226. The molecule has 4 N–H and O–H groups in total. The fourth-order valence-electron chi connectivity index (χ4n) is 6.34. The van der Waals surface area contributed by atoms with Crippen LogP contribution >= 0.6 is 0 Å². The van der Waals surface area contributed by atoms with E-state index in [0.717, 1.165) is 5.56 Å². The van der Waals surface area contributed by atoms with E-state index in [1.165, 1.54) is 30.1 Å². The number of ether oxygens (including phenoxy) is 3. The quantitative estimate of drug-likeness (QED) is 0.187. The number of halogens is 2. The van der Waals surface area contributed by atoms with E-state index in [0.29, 0.717) is 28.3 Å². The summed E-state index contributed by atoms with van der Waals surface area (Å²) in [6, 6.07) is 21.9. The van der Waals surface area contributed by atoms with Crippen molar-refractivity contribution in [2.24, 2.45) is 0 Å². The van der Waals surface area contributed by atoms with Gasteiger partial charge in [-0.2, -0.15) is 13.8 Å². The first-order chi connectivity index (χ1) is 22.6. The maximum Gasteiger partial charge on any atom is 0.309 e. The van der Waals surface area contributed by atoms with Crippen LogP contribution in [0.5, 0.6) is 11.6 Å². The van der Waals surface area contributed by atoms with Crippen molar-refractivity contribution >= 4 is 11.2 Å². The average molecular weight is 647 g/mol. The Morgan fingerprint density at radius 2 is 1.70 bits per heavy atom. The zero-order chi connectivity index (χ0) is 32.9. The number of aliphatic hydroxyl groups is 4. The van der Waals surface area contributed by atoms with Crippen molar-refractivity contribution in [1.29, 1.82) is 0 Å². The molecule has 0 saturated carbocycles. The van der Waals surface area contributed by atoms with Crippen LogP contribution in [-0.2, 0) is 16.8 Å². The van der Waals surface area contributed by atoms with Crippen LogP contribution in [0.25, 0.3) is 22.6 Å². The fourth-order valence-corrected chi connectivity index (χ4v) is 6.34. The lowest BCUT2D eigenvalue weighted by Crippen LogP contribution is -2.44. The van der Waals surface area contributed by atoms with Gasteiger partial charge in [-0.25, -0.2) is 9.97 Å². The largest absolute Gasteiger partial charge is 0.491 e. The summed E-state index contributed by atoms with van der Waals surface area (Å²) in [7, 11) is 1.47. The molecule has 1 saturated heterocycles. The minimum atomic E-state index is -3.76. The molecule has 1 fully saturated rings. The van der Waals surface area contributed by atoms with E-state index < -0.39 is 42.2 Å². The van der Waals surface area contributed by atoms with Gasteiger partial charge in [0.05, 0.1) is 13.4 Å². The van der Waals surface area contributed by atoms with Crippen LogP contribution in [0.2, 0.25) is 0 Å². The highest BCUT2D eigenvalue weighted by atomic mass is 19.3. The standard InChI is InChI=1S/C34H32F2N4O7/c1-45-31-25-30(38-29(39-31)20-9-3-2-4-10-20)40(18-37-25)32-27(42)26(41)24(47-32)17-46-21-11-7-8-19(16-21)14-15-33(44)23-13-6-5-12-22(23)28(43)34(33,35)36/h2-13,16,18,24,26-28,32,41-44H,14-15,17H2,1H3/t24-,26-,27-,28?,32-,33?/m1/s1. The van der Waals surface area contributed by atoms with Gasteiger partial charge in [-0.1, -0.05) is 66.7 Å². The van der Waals surface area contributed by atoms with E-state index in [1.807, 2.05) is 30.3 Å². The summed E-state index contributed by atoms with van der Waals surface area (Å²) in [6.45, 7) is -0.139. The smallest absolute Gasteiger partial charge is 0.309 e. The second kappa shape index (κ2) is 11.9. The van der Waals surface area contributed by atoms with Gasteiger partial charge in [-0.05, 0) is 41.7 Å². The third-order valence-electron chi connectivity index (χ3n) is 8.91. The molecule has 47 heavy (non-hydrogen) atoms. The minimum Gasteiger partial charge on any atom is -0.491 e. The lowest BCUT2D eigenvalue weighted by atomic mass is 9.86. The van der Waals surface area contributed by atoms with E-state index in [4.69, 9.17) is 14.2 Å². The van der Waals surface area contributed by atoms with Gasteiger partial charge < -0.3 is 34.6 Å². The Morgan fingerprint density at radius 1 is 0.936 bits per heavy atom. The molecule has 11 nitrogen and oxygen atoms in total. The molecule has 3 aromatic carbocycles. The molecule has 1 aliphatic carbocycles. The minimum absolute atomic E-state index is 0.0113. The van der Waals surface area contributed by atoms with Crippen LogP contribution in [0.1, 0.15) is 35.4 Å². The Bertz CT molecular complexity index is 1910. The highest BCUT2D eigenvalue weighted by Gasteiger charge is 2.64. The van der Waals surface area contributed by atoms with Gasteiger partial charge in [-0.15, -0.1) is 0 Å². The molecular formula is C34H32F2N4O7. The molecule has 5 aromatic rings. The van der Waals surface area contributed by atoms with Gasteiger partial charge >= 0.3 is 5.92 Å². The number of methoxy groups -OCH3 is 1. The monoisotopic (exact) mass is 646 g/mol. The fraction of sp³-hybridized carbons (Fsp3) is 0.324. The first-order valence-corrected chi connectivity index (χ1v) is 15.1. The summed E-state index contributed by atoms with van der Waals surface area (Å²) in [5.74, 6) is -2.77. The highest BCUT2D eigenvalue weighted by Crippen LogP contribution is 2.56. The summed E-state index contributed by atoms with van der Waals surface area (Å²) in [5.41, 5.74) is -0.463. The Balaban J connectivity index is 1.05. The number of aromatic nitrogens is 4. The van der Waals surface area contributed by atoms with Gasteiger partial charge in [0.2, 0.25) is 5.88 Å². The summed E-state index contributed by atoms with van der Waals surface area (Å²) in [4.78, 5) is 13.5. The van der Waals surface area contributed by atoms with Crippen LogP contribution in [0.15, 0.2) is 85.2 Å². The van der Waals surface area contributed by atoms with Gasteiger partial charge in [0.25, 0.3) is 0 Å². The maximum absolute atomic E-state index is 15.1. The van der Waals surface area contributed by atoms with Gasteiger partial charge in [0, 0.05) is 5.56 Å². The first kappa shape index (κ1) is 31.1. The molecule has 0 spiro atoms. The van der Waals surface area contributed by atoms with Crippen molar-refractivity contribution in [2.75, 3.05) is 13.7 Å². The van der Waals surface area contributed by atoms with Crippen LogP contribution in [0.3, 0.4) is 0 Å². The number of hydrogen-bond donors (Lipinski definition) is 4. The van der Waals surface area contributed by atoms with E-state index >= 15 is 8.78 Å². The molecule has 6 atom stereocenters. The van der Waals surface area contributed by atoms with Crippen molar-refractivity contribution in [3.8, 4) is 23.0 Å². The number of imidazole rings is 1. The van der Waals surface area contributed by atoms with Crippen LogP contribution in [0.4, 0.5) is 8.78 Å². The van der Waals surface area contributed by atoms with Crippen molar-refractivity contribution in [3.63, 3.8) is 0 Å². The molecule has 0 amide bonds. The molecule has 1 aliphatic heterocycles.